The van der Waals surface area contributed by atoms with Crippen molar-refractivity contribution in [1.29, 1.82) is 0 Å². The molecular formula is C25H43N5O. The van der Waals surface area contributed by atoms with Gasteiger partial charge < -0.3 is 19.9 Å². The van der Waals surface area contributed by atoms with Gasteiger partial charge in [-0.15, -0.1) is 0 Å². The Morgan fingerprint density at radius 2 is 1.87 bits per heavy atom. The predicted octanol–water partition coefficient (Wildman–Crippen LogP) is 2.76. The van der Waals surface area contributed by atoms with Gasteiger partial charge in [-0.1, -0.05) is 44.2 Å². The van der Waals surface area contributed by atoms with Gasteiger partial charge in [0.1, 0.15) is 0 Å². The van der Waals surface area contributed by atoms with Crippen LogP contribution in [0.15, 0.2) is 35.3 Å². The SMILES string of the molecule is CCNC(=NCC(C(C)C)N1CCN(C)CC1)N1CCC(COCc2ccccc2)C1. The number of piperazine rings is 1. The summed E-state index contributed by atoms with van der Waals surface area (Å²) < 4.78 is 6.01. The van der Waals surface area contributed by atoms with E-state index in [-0.39, 0.29) is 0 Å². The van der Waals surface area contributed by atoms with Crippen LogP contribution in [0.2, 0.25) is 0 Å². The molecule has 174 valence electrons. The zero-order valence-electron chi connectivity index (χ0n) is 20.1. The van der Waals surface area contributed by atoms with Gasteiger partial charge in [0.05, 0.1) is 19.8 Å². The molecule has 0 amide bonds. The second kappa shape index (κ2) is 12.4. The minimum absolute atomic E-state index is 0.509. The molecule has 2 saturated heterocycles. The highest BCUT2D eigenvalue weighted by atomic mass is 16.5. The van der Waals surface area contributed by atoms with Crippen LogP contribution >= 0.6 is 0 Å². The molecule has 6 heteroatoms. The van der Waals surface area contributed by atoms with E-state index in [9.17, 15) is 0 Å². The largest absolute Gasteiger partial charge is 0.376 e. The Bertz CT molecular complexity index is 657. The first kappa shape index (κ1) is 24.0. The number of hydrogen-bond donors (Lipinski definition) is 1. The van der Waals surface area contributed by atoms with Gasteiger partial charge in [0.15, 0.2) is 5.96 Å². The first-order valence-corrected chi connectivity index (χ1v) is 12.1. The lowest BCUT2D eigenvalue weighted by atomic mass is 10.0. The molecule has 0 radical (unpaired) electrons. The van der Waals surface area contributed by atoms with E-state index in [2.05, 4.69) is 72.1 Å². The van der Waals surface area contributed by atoms with E-state index in [1.54, 1.807) is 0 Å². The van der Waals surface area contributed by atoms with Gasteiger partial charge in [0.2, 0.25) is 0 Å². The van der Waals surface area contributed by atoms with Crippen molar-refractivity contribution in [1.82, 2.24) is 20.0 Å². The number of guanidine groups is 1. The smallest absolute Gasteiger partial charge is 0.193 e. The highest BCUT2D eigenvalue weighted by Crippen LogP contribution is 2.19. The predicted molar refractivity (Wildman–Crippen MR) is 129 cm³/mol. The van der Waals surface area contributed by atoms with E-state index in [4.69, 9.17) is 9.73 Å². The number of hydrogen-bond acceptors (Lipinski definition) is 4. The molecule has 6 nitrogen and oxygen atoms in total. The van der Waals surface area contributed by atoms with Crippen molar-refractivity contribution < 1.29 is 4.74 Å². The molecular weight excluding hydrogens is 386 g/mol. The number of aliphatic imine (C=N–C) groups is 1. The second-order valence-corrected chi connectivity index (χ2v) is 9.45. The van der Waals surface area contributed by atoms with Crippen LogP contribution in [0.3, 0.4) is 0 Å². The quantitative estimate of drug-likeness (QED) is 0.483. The monoisotopic (exact) mass is 429 g/mol. The lowest BCUT2D eigenvalue weighted by molar-refractivity contribution is 0.0903. The van der Waals surface area contributed by atoms with Crippen LogP contribution in [0.4, 0.5) is 0 Å². The van der Waals surface area contributed by atoms with Gasteiger partial charge >= 0.3 is 0 Å². The molecule has 1 aromatic rings. The number of nitrogens with zero attached hydrogens (tertiary/aromatic N) is 4. The fraction of sp³-hybridized carbons (Fsp3) is 0.720. The minimum atomic E-state index is 0.509. The lowest BCUT2D eigenvalue weighted by Crippen LogP contribution is -2.52. The summed E-state index contributed by atoms with van der Waals surface area (Å²) >= 11 is 0. The van der Waals surface area contributed by atoms with Gasteiger partial charge in [-0.3, -0.25) is 9.89 Å². The van der Waals surface area contributed by atoms with Crippen molar-refractivity contribution in [2.24, 2.45) is 16.8 Å². The number of ether oxygens (including phenoxy) is 1. The van der Waals surface area contributed by atoms with Crippen LogP contribution in [0, 0.1) is 11.8 Å². The first-order chi connectivity index (χ1) is 15.1. The van der Waals surface area contributed by atoms with Gasteiger partial charge in [-0.05, 0) is 31.9 Å². The molecule has 0 bridgehead atoms. The van der Waals surface area contributed by atoms with Crippen molar-refractivity contribution >= 4 is 5.96 Å². The summed E-state index contributed by atoms with van der Waals surface area (Å²) in [5.74, 6) is 2.26. The Morgan fingerprint density at radius 3 is 2.55 bits per heavy atom. The number of benzene rings is 1. The van der Waals surface area contributed by atoms with E-state index in [1.807, 2.05) is 6.07 Å². The zero-order valence-corrected chi connectivity index (χ0v) is 20.1. The minimum Gasteiger partial charge on any atom is -0.376 e. The highest BCUT2D eigenvalue weighted by Gasteiger charge is 2.27. The normalized spacial score (nSPS) is 22.3. The maximum Gasteiger partial charge on any atom is 0.193 e. The fourth-order valence-electron chi connectivity index (χ4n) is 4.59. The molecule has 2 atom stereocenters. The molecule has 2 fully saturated rings. The van der Waals surface area contributed by atoms with Gasteiger partial charge in [0.25, 0.3) is 0 Å². The van der Waals surface area contributed by atoms with Crippen molar-refractivity contribution in [2.75, 3.05) is 66.0 Å². The maximum absolute atomic E-state index is 6.01. The zero-order chi connectivity index (χ0) is 22.1. The van der Waals surface area contributed by atoms with E-state index < -0.39 is 0 Å². The van der Waals surface area contributed by atoms with Crippen LogP contribution in [0.25, 0.3) is 0 Å². The van der Waals surface area contributed by atoms with Crippen LogP contribution in [-0.4, -0.2) is 92.7 Å². The fourth-order valence-corrected chi connectivity index (χ4v) is 4.59. The Morgan fingerprint density at radius 1 is 1.13 bits per heavy atom. The average Bonchev–Trinajstić information content (AvgIpc) is 3.23. The van der Waals surface area contributed by atoms with Crippen LogP contribution in [0.1, 0.15) is 32.8 Å². The molecule has 1 N–H and O–H groups in total. The highest BCUT2D eigenvalue weighted by molar-refractivity contribution is 5.80. The Labute approximate surface area is 189 Å². The molecule has 3 rings (SSSR count). The van der Waals surface area contributed by atoms with Gasteiger partial charge in [-0.25, -0.2) is 0 Å². The molecule has 0 aromatic heterocycles. The number of nitrogens with one attached hydrogen (secondary N) is 1. The Kier molecular flexibility index (Phi) is 9.62. The molecule has 1 aromatic carbocycles. The molecule has 2 aliphatic rings. The van der Waals surface area contributed by atoms with E-state index in [0.29, 0.717) is 24.5 Å². The Balaban J connectivity index is 1.51. The second-order valence-electron chi connectivity index (χ2n) is 9.45. The summed E-state index contributed by atoms with van der Waals surface area (Å²) in [6.07, 6.45) is 1.17. The maximum atomic E-state index is 6.01. The van der Waals surface area contributed by atoms with Crippen molar-refractivity contribution in [3.63, 3.8) is 0 Å². The van der Waals surface area contributed by atoms with E-state index in [1.165, 1.54) is 12.0 Å². The van der Waals surface area contributed by atoms with Crippen LogP contribution in [-0.2, 0) is 11.3 Å². The van der Waals surface area contributed by atoms with Crippen molar-refractivity contribution in [3.05, 3.63) is 35.9 Å². The van der Waals surface area contributed by atoms with Crippen molar-refractivity contribution in [2.45, 2.75) is 39.8 Å². The summed E-state index contributed by atoms with van der Waals surface area (Å²) in [5.41, 5.74) is 1.25. The molecule has 2 heterocycles. The van der Waals surface area contributed by atoms with Crippen LogP contribution in [0.5, 0.6) is 0 Å². The molecule has 0 saturated carbocycles. The summed E-state index contributed by atoms with van der Waals surface area (Å²) in [7, 11) is 2.22. The first-order valence-electron chi connectivity index (χ1n) is 12.1. The third-order valence-corrected chi connectivity index (χ3v) is 6.59. The third-order valence-electron chi connectivity index (χ3n) is 6.59. The summed E-state index contributed by atoms with van der Waals surface area (Å²) in [5, 5.41) is 3.54. The molecule has 0 aliphatic carbocycles. The topological polar surface area (TPSA) is 43.3 Å². The van der Waals surface area contributed by atoms with E-state index in [0.717, 1.165) is 64.9 Å². The standard InChI is InChI=1S/C25H43N5O/c1-5-26-25(27-17-24(21(2)3)29-15-13-28(4)14-16-29)30-12-11-23(18-30)20-31-19-22-9-7-6-8-10-22/h6-10,21,23-24H,5,11-20H2,1-4H3,(H,26,27). The summed E-state index contributed by atoms with van der Waals surface area (Å²) in [4.78, 5) is 12.6. The number of likely N-dealkylation sites (N-methyl/N-ethyl adjacent to an activating group) is 1. The van der Waals surface area contributed by atoms with Crippen LogP contribution < -0.4 is 5.32 Å². The Hall–Kier alpha value is -1.63. The van der Waals surface area contributed by atoms with Gasteiger partial charge in [-0.2, -0.15) is 0 Å². The van der Waals surface area contributed by atoms with Gasteiger partial charge in [0, 0.05) is 57.8 Å². The molecule has 31 heavy (non-hydrogen) atoms. The number of rotatable bonds is 9. The third kappa shape index (κ3) is 7.48. The molecule has 2 unspecified atom stereocenters. The average molecular weight is 430 g/mol. The van der Waals surface area contributed by atoms with Crippen molar-refractivity contribution in [3.8, 4) is 0 Å². The molecule has 2 aliphatic heterocycles. The number of likely N-dealkylation sites (tertiary alicyclic amines) is 1. The lowest BCUT2D eigenvalue weighted by Gasteiger charge is -2.39. The summed E-state index contributed by atoms with van der Waals surface area (Å²) in [6, 6.07) is 11.0. The molecule has 0 spiro atoms. The summed E-state index contributed by atoms with van der Waals surface area (Å²) in [6.45, 7) is 16.8. The van der Waals surface area contributed by atoms with E-state index >= 15 is 0 Å².